The predicted octanol–water partition coefficient (Wildman–Crippen LogP) is -2.14. The first-order valence-corrected chi connectivity index (χ1v) is 13.5. The maximum Gasteiger partial charge on any atom is 0.142 e. The zero-order valence-corrected chi connectivity index (χ0v) is 11.2. The van der Waals surface area contributed by atoms with Gasteiger partial charge in [0, 0.05) is 8.55 Å². The fourth-order valence-electron chi connectivity index (χ4n) is 0.399. The molecule has 0 aromatic carbocycles. The zero-order chi connectivity index (χ0) is 7.33. The van der Waals surface area contributed by atoms with E-state index in [9.17, 15) is 0 Å². The smallest absolute Gasteiger partial charge is 0.142 e. The van der Waals surface area contributed by atoms with E-state index in [4.69, 9.17) is 10.8 Å². The van der Waals surface area contributed by atoms with Crippen LogP contribution in [0.1, 0.15) is 13.8 Å². The lowest BCUT2D eigenvalue weighted by Gasteiger charge is -2.17. The standard InChI is InChI=1S/C5H14OSi3/c1-4-5(2,3)6-8-9-7/h1H,8-9H2,2-3,7H3. The molecule has 0 aliphatic rings. The Morgan fingerprint density at radius 2 is 2.22 bits per heavy atom. The Kier molecular flexibility index (Phi) is 4.14. The van der Waals surface area contributed by atoms with E-state index in [-0.39, 0.29) is 23.4 Å². The highest BCUT2D eigenvalue weighted by molar-refractivity contribution is 7.22. The first-order valence-electron chi connectivity index (χ1n) is 3.24. The molecule has 4 heteroatoms. The van der Waals surface area contributed by atoms with Gasteiger partial charge in [-0.25, -0.2) is 0 Å². The molecule has 0 saturated heterocycles. The Hall–Kier alpha value is 0.171. The van der Waals surface area contributed by atoms with Crippen molar-refractivity contribution in [3.05, 3.63) is 0 Å². The minimum absolute atomic E-state index is 0.135. The molecule has 0 radical (unpaired) electrons. The van der Waals surface area contributed by atoms with E-state index in [0.717, 1.165) is 0 Å². The molecule has 0 bridgehead atoms. The molecular weight excluding hydrogens is 160 g/mol. The number of hydrogen-bond donors (Lipinski definition) is 0. The number of terminal acetylenes is 1. The van der Waals surface area contributed by atoms with Crippen LogP contribution in [0, 0.1) is 12.3 Å². The third-order valence-electron chi connectivity index (χ3n) is 1.01. The van der Waals surface area contributed by atoms with E-state index in [1.54, 1.807) is 0 Å². The molecule has 0 aromatic heterocycles. The van der Waals surface area contributed by atoms with Gasteiger partial charge in [0.15, 0.2) is 0 Å². The monoisotopic (exact) mass is 174 g/mol. The van der Waals surface area contributed by atoms with Crippen LogP contribution in [0.3, 0.4) is 0 Å². The van der Waals surface area contributed by atoms with Crippen molar-refractivity contribution >= 4 is 27.6 Å². The highest BCUT2D eigenvalue weighted by Gasteiger charge is 2.11. The summed E-state index contributed by atoms with van der Waals surface area (Å²) < 4.78 is 5.53. The summed E-state index contributed by atoms with van der Waals surface area (Å²) in [7, 11) is 1.54. The van der Waals surface area contributed by atoms with E-state index in [1.807, 2.05) is 13.8 Å². The van der Waals surface area contributed by atoms with Crippen LogP contribution >= 0.6 is 0 Å². The Morgan fingerprint density at radius 3 is 2.56 bits per heavy atom. The Balaban J connectivity index is 3.49. The lowest BCUT2D eigenvalue weighted by molar-refractivity contribution is 0.188. The van der Waals surface area contributed by atoms with Crippen LogP contribution in [-0.4, -0.2) is 33.2 Å². The largest absolute Gasteiger partial charge is 0.413 e. The van der Waals surface area contributed by atoms with Crippen molar-refractivity contribution in [2.75, 3.05) is 0 Å². The second-order valence-corrected chi connectivity index (χ2v) is 17.4. The van der Waals surface area contributed by atoms with Crippen molar-refractivity contribution in [2.24, 2.45) is 0 Å². The van der Waals surface area contributed by atoms with Crippen LogP contribution in [0.15, 0.2) is 0 Å². The summed E-state index contributed by atoms with van der Waals surface area (Å²) in [6.07, 6.45) is 5.22. The van der Waals surface area contributed by atoms with Gasteiger partial charge >= 0.3 is 0 Å². The minimum atomic E-state index is -0.260. The van der Waals surface area contributed by atoms with Crippen molar-refractivity contribution in [1.82, 2.24) is 0 Å². The van der Waals surface area contributed by atoms with Crippen molar-refractivity contribution < 1.29 is 4.43 Å². The van der Waals surface area contributed by atoms with Gasteiger partial charge in [-0.1, -0.05) is 5.92 Å². The van der Waals surface area contributed by atoms with Gasteiger partial charge in [-0.3, -0.25) is 0 Å². The van der Waals surface area contributed by atoms with Crippen LogP contribution in [0.5, 0.6) is 0 Å². The molecule has 0 heterocycles. The zero-order valence-electron chi connectivity index (χ0n) is 6.40. The lowest BCUT2D eigenvalue weighted by Crippen LogP contribution is -2.26. The van der Waals surface area contributed by atoms with E-state index in [2.05, 4.69) is 5.92 Å². The highest BCUT2D eigenvalue weighted by atomic mass is 29.5. The molecule has 0 spiro atoms. The molecule has 1 nitrogen and oxygen atoms in total. The maximum absolute atomic E-state index is 5.53. The minimum Gasteiger partial charge on any atom is -0.413 e. The van der Waals surface area contributed by atoms with Crippen LogP contribution in [0.25, 0.3) is 0 Å². The molecule has 9 heavy (non-hydrogen) atoms. The summed E-state index contributed by atoms with van der Waals surface area (Å²) in [5.74, 6) is 2.63. The third kappa shape index (κ3) is 4.66. The maximum atomic E-state index is 5.53. The molecule has 0 saturated carbocycles. The van der Waals surface area contributed by atoms with E-state index < -0.39 is 0 Å². The fraction of sp³-hybridized carbons (Fsp3) is 0.600. The molecule has 0 N–H and O–H groups in total. The number of rotatable bonds is 3. The van der Waals surface area contributed by atoms with Gasteiger partial charge in [0.05, 0.1) is 0 Å². The van der Waals surface area contributed by atoms with E-state index in [1.165, 1.54) is 9.76 Å². The Morgan fingerprint density at radius 1 is 1.67 bits per heavy atom. The molecule has 0 rings (SSSR count). The van der Waals surface area contributed by atoms with Gasteiger partial charge < -0.3 is 4.43 Å². The molecule has 0 aliphatic carbocycles. The first-order chi connectivity index (χ1) is 4.12. The molecule has 0 aromatic rings. The van der Waals surface area contributed by atoms with Crippen molar-refractivity contribution in [1.29, 1.82) is 0 Å². The van der Waals surface area contributed by atoms with Gasteiger partial charge in [-0.05, 0) is 23.6 Å². The first kappa shape index (κ1) is 9.17. The Bertz CT molecular complexity index is 116. The molecule has 0 unspecified atom stereocenters. The molecule has 0 amide bonds. The van der Waals surface area contributed by atoms with E-state index in [0.29, 0.717) is 0 Å². The molecule has 0 aliphatic heterocycles. The molecule has 0 fully saturated rings. The summed E-state index contributed by atoms with van der Waals surface area (Å²) in [6.45, 7) is 3.93. The number of hydrogen-bond acceptors (Lipinski definition) is 1. The summed E-state index contributed by atoms with van der Waals surface area (Å²) in [5, 5.41) is 0. The van der Waals surface area contributed by atoms with Crippen molar-refractivity contribution in [3.8, 4) is 12.3 Å². The topological polar surface area (TPSA) is 9.23 Å². The van der Waals surface area contributed by atoms with Gasteiger partial charge in [-0.2, -0.15) is 0 Å². The normalized spacial score (nSPS) is 13.9. The predicted molar refractivity (Wildman–Crippen MR) is 51.0 cm³/mol. The van der Waals surface area contributed by atoms with Crippen LogP contribution in [0.2, 0.25) is 0 Å². The lowest BCUT2D eigenvalue weighted by atomic mass is 10.2. The SMILES string of the molecule is C#CC(C)(C)O[SiH2][SiH2][SiH3]. The van der Waals surface area contributed by atoms with E-state index >= 15 is 0 Å². The third-order valence-corrected chi connectivity index (χ3v) is 7.86. The second kappa shape index (κ2) is 4.06. The van der Waals surface area contributed by atoms with Crippen LogP contribution in [-0.2, 0) is 4.43 Å². The molecule has 52 valence electrons. The average molecular weight is 174 g/mol. The molecule has 0 atom stereocenters. The quantitative estimate of drug-likeness (QED) is 0.351. The van der Waals surface area contributed by atoms with Crippen LogP contribution < -0.4 is 0 Å². The van der Waals surface area contributed by atoms with Gasteiger partial charge in [0.25, 0.3) is 0 Å². The van der Waals surface area contributed by atoms with Gasteiger partial charge in [0.2, 0.25) is 0 Å². The molecular formula is C5H14OSi3. The van der Waals surface area contributed by atoms with Crippen molar-refractivity contribution in [2.45, 2.75) is 19.4 Å². The van der Waals surface area contributed by atoms with Gasteiger partial charge in [-0.15, -0.1) is 6.42 Å². The van der Waals surface area contributed by atoms with Crippen LogP contribution in [0.4, 0.5) is 0 Å². The average Bonchev–Trinajstić information content (AvgIpc) is 1.84. The van der Waals surface area contributed by atoms with Gasteiger partial charge in [0.1, 0.15) is 14.9 Å². The fourth-order valence-corrected chi connectivity index (χ4v) is 5.18. The van der Waals surface area contributed by atoms with Crippen molar-refractivity contribution in [3.63, 3.8) is 0 Å². The highest BCUT2D eigenvalue weighted by Crippen LogP contribution is 2.03. The summed E-state index contributed by atoms with van der Waals surface area (Å²) >= 11 is 0. The second-order valence-electron chi connectivity index (χ2n) is 2.50. The summed E-state index contributed by atoms with van der Waals surface area (Å²) in [5.41, 5.74) is -0.260. The summed E-state index contributed by atoms with van der Waals surface area (Å²) in [4.78, 5) is 0. The Labute approximate surface area is 64.3 Å². The summed E-state index contributed by atoms with van der Waals surface area (Å²) in [6, 6.07) is 0.